The Morgan fingerprint density at radius 3 is 2.56 bits per heavy atom. The van der Waals surface area contributed by atoms with Crippen LogP contribution in [0, 0.1) is 5.82 Å². The minimum absolute atomic E-state index is 0.0147. The van der Waals surface area contributed by atoms with E-state index in [2.05, 4.69) is 14.7 Å². The molecule has 2 rings (SSSR count). The lowest BCUT2D eigenvalue weighted by atomic mass is 10.4. The maximum Gasteiger partial charge on any atom is 0.261 e. The van der Waals surface area contributed by atoms with Gasteiger partial charge >= 0.3 is 0 Å². The molecule has 0 aliphatic rings. The van der Waals surface area contributed by atoms with Gasteiger partial charge in [0.2, 0.25) is 5.03 Å². The minimum Gasteiger partial charge on any atom is -0.260 e. The fourth-order valence-electron chi connectivity index (χ4n) is 1.31. The zero-order valence-electron chi connectivity index (χ0n) is 9.25. The molecule has 2 heterocycles. The molecule has 0 aliphatic carbocycles. The molecule has 0 radical (unpaired) electrons. The van der Waals surface area contributed by atoms with E-state index in [0.717, 1.165) is 6.07 Å². The maximum atomic E-state index is 13.3. The monoisotopic (exact) mass is 267 g/mol. The van der Waals surface area contributed by atoms with Crippen LogP contribution in [0.15, 0.2) is 47.8 Å². The van der Waals surface area contributed by atoms with Crippen molar-refractivity contribution < 1.29 is 12.8 Å². The van der Waals surface area contributed by atoms with Crippen molar-refractivity contribution in [3.05, 3.63) is 54.2 Å². The van der Waals surface area contributed by atoms with Crippen LogP contribution in [0.3, 0.4) is 0 Å². The number of rotatable bonds is 4. The molecular weight excluding hydrogens is 257 g/mol. The lowest BCUT2D eigenvalue weighted by molar-refractivity contribution is 0.544. The van der Waals surface area contributed by atoms with Crippen molar-refractivity contribution in [1.82, 2.24) is 14.7 Å². The third-order valence-electron chi connectivity index (χ3n) is 2.15. The molecule has 0 atom stereocenters. The molecule has 0 fully saturated rings. The fourth-order valence-corrected chi connectivity index (χ4v) is 2.31. The zero-order chi connectivity index (χ0) is 13.0. The van der Waals surface area contributed by atoms with Crippen LogP contribution in [-0.4, -0.2) is 18.4 Å². The molecule has 0 spiro atoms. The topological polar surface area (TPSA) is 72.0 Å². The summed E-state index contributed by atoms with van der Waals surface area (Å²) in [5, 5.41) is -0.610. The highest BCUT2D eigenvalue weighted by molar-refractivity contribution is 7.89. The minimum atomic E-state index is -3.97. The van der Waals surface area contributed by atoms with Crippen LogP contribution in [0.2, 0.25) is 0 Å². The molecule has 0 saturated heterocycles. The van der Waals surface area contributed by atoms with E-state index in [1.165, 1.54) is 12.3 Å². The summed E-state index contributed by atoms with van der Waals surface area (Å²) in [6, 6.07) is 7.49. The van der Waals surface area contributed by atoms with Crippen molar-refractivity contribution in [2.45, 2.75) is 11.6 Å². The molecular formula is C11H10FN3O2S. The summed E-state index contributed by atoms with van der Waals surface area (Å²) in [4.78, 5) is 7.47. The molecule has 0 aromatic carbocycles. The first-order valence-electron chi connectivity index (χ1n) is 5.10. The Morgan fingerprint density at radius 2 is 1.89 bits per heavy atom. The second-order valence-corrected chi connectivity index (χ2v) is 5.12. The summed E-state index contributed by atoms with van der Waals surface area (Å²) in [6.07, 6.45) is 2.77. The fraction of sp³-hybridized carbons (Fsp3) is 0.0909. The smallest absolute Gasteiger partial charge is 0.260 e. The lowest BCUT2D eigenvalue weighted by Gasteiger charge is -2.05. The summed E-state index contributed by atoms with van der Waals surface area (Å²) in [5.41, 5.74) is 0.539. The zero-order valence-corrected chi connectivity index (χ0v) is 10.1. The predicted octanol–water partition coefficient (Wildman–Crippen LogP) is 1.09. The molecule has 94 valence electrons. The van der Waals surface area contributed by atoms with Crippen molar-refractivity contribution in [2.24, 2.45) is 0 Å². The first-order chi connectivity index (χ1) is 8.59. The molecule has 0 aliphatic heterocycles. The maximum absolute atomic E-state index is 13.3. The number of aromatic nitrogens is 2. The van der Waals surface area contributed by atoms with Crippen molar-refractivity contribution in [3.8, 4) is 0 Å². The molecule has 2 aromatic heterocycles. The Balaban J connectivity index is 2.16. The van der Waals surface area contributed by atoms with E-state index >= 15 is 0 Å². The van der Waals surface area contributed by atoms with Crippen LogP contribution < -0.4 is 4.72 Å². The van der Waals surface area contributed by atoms with E-state index in [-0.39, 0.29) is 6.54 Å². The van der Waals surface area contributed by atoms with Crippen molar-refractivity contribution in [1.29, 1.82) is 0 Å². The van der Waals surface area contributed by atoms with Gasteiger partial charge in [-0.25, -0.2) is 22.5 Å². The van der Waals surface area contributed by atoms with Gasteiger partial charge in [0.25, 0.3) is 10.0 Å². The molecule has 0 amide bonds. The highest BCUT2D eigenvalue weighted by Crippen LogP contribution is 2.10. The Morgan fingerprint density at radius 1 is 1.11 bits per heavy atom. The Bertz CT molecular complexity index is 632. The molecule has 1 N–H and O–H groups in total. The quantitative estimate of drug-likeness (QED) is 0.900. The van der Waals surface area contributed by atoms with Gasteiger partial charge in [0.15, 0.2) is 5.82 Å². The number of nitrogens with one attached hydrogen (secondary N) is 1. The van der Waals surface area contributed by atoms with Crippen molar-refractivity contribution in [3.63, 3.8) is 0 Å². The van der Waals surface area contributed by atoms with Gasteiger partial charge in [-0.05, 0) is 24.3 Å². The van der Waals surface area contributed by atoms with Crippen LogP contribution in [0.5, 0.6) is 0 Å². The third-order valence-corrected chi connectivity index (χ3v) is 3.48. The average molecular weight is 267 g/mol. The Kier molecular flexibility index (Phi) is 3.63. The first-order valence-corrected chi connectivity index (χ1v) is 6.58. The summed E-state index contributed by atoms with van der Waals surface area (Å²) in [5.74, 6) is -0.883. The summed E-state index contributed by atoms with van der Waals surface area (Å²) < 4.78 is 39.1. The van der Waals surface area contributed by atoms with Gasteiger partial charge in [-0.2, -0.15) is 0 Å². The van der Waals surface area contributed by atoms with Gasteiger partial charge in [0.05, 0.1) is 12.2 Å². The van der Waals surface area contributed by atoms with Gasteiger partial charge in [-0.3, -0.25) is 4.98 Å². The van der Waals surface area contributed by atoms with E-state index in [1.807, 2.05) is 0 Å². The number of hydrogen-bond donors (Lipinski definition) is 1. The molecule has 7 heteroatoms. The number of nitrogens with zero attached hydrogens (tertiary/aromatic N) is 2. The van der Waals surface area contributed by atoms with Crippen LogP contribution >= 0.6 is 0 Å². The van der Waals surface area contributed by atoms with Crippen LogP contribution in [0.25, 0.3) is 0 Å². The highest BCUT2D eigenvalue weighted by atomic mass is 32.2. The summed E-state index contributed by atoms with van der Waals surface area (Å²) >= 11 is 0. The SMILES string of the molecule is O=S(=O)(NCc1ccccn1)c1ncccc1F. The van der Waals surface area contributed by atoms with Gasteiger partial charge < -0.3 is 0 Å². The van der Waals surface area contributed by atoms with Gasteiger partial charge in [-0.1, -0.05) is 6.07 Å². The van der Waals surface area contributed by atoms with Crippen molar-refractivity contribution >= 4 is 10.0 Å². The van der Waals surface area contributed by atoms with E-state index < -0.39 is 20.9 Å². The molecule has 0 unspecified atom stereocenters. The molecule has 2 aromatic rings. The third kappa shape index (κ3) is 2.88. The Labute approximate surface area is 104 Å². The normalized spacial score (nSPS) is 11.4. The van der Waals surface area contributed by atoms with E-state index in [9.17, 15) is 12.8 Å². The molecule has 0 bridgehead atoms. The summed E-state index contributed by atoms with van der Waals surface area (Å²) in [7, 11) is -3.97. The van der Waals surface area contributed by atoms with E-state index in [4.69, 9.17) is 0 Å². The molecule has 18 heavy (non-hydrogen) atoms. The van der Waals surface area contributed by atoms with Gasteiger partial charge in [-0.15, -0.1) is 0 Å². The van der Waals surface area contributed by atoms with Crippen LogP contribution in [0.1, 0.15) is 5.69 Å². The number of hydrogen-bond acceptors (Lipinski definition) is 4. The van der Waals surface area contributed by atoms with Crippen molar-refractivity contribution in [2.75, 3.05) is 0 Å². The number of sulfonamides is 1. The summed E-state index contributed by atoms with van der Waals surface area (Å²) in [6.45, 7) is -0.0147. The van der Waals surface area contributed by atoms with Gasteiger partial charge in [0, 0.05) is 12.4 Å². The lowest BCUT2D eigenvalue weighted by Crippen LogP contribution is -2.25. The van der Waals surface area contributed by atoms with Gasteiger partial charge in [0.1, 0.15) is 0 Å². The highest BCUT2D eigenvalue weighted by Gasteiger charge is 2.19. The van der Waals surface area contributed by atoms with E-state index in [0.29, 0.717) is 5.69 Å². The average Bonchev–Trinajstić information content (AvgIpc) is 2.38. The van der Waals surface area contributed by atoms with Crippen LogP contribution in [0.4, 0.5) is 4.39 Å². The predicted molar refractivity (Wildman–Crippen MR) is 62.5 cm³/mol. The molecule has 0 saturated carbocycles. The number of halogens is 1. The van der Waals surface area contributed by atoms with Crippen LogP contribution in [-0.2, 0) is 16.6 Å². The standard InChI is InChI=1S/C11H10FN3O2S/c12-10-5-3-7-14-11(10)18(16,17)15-8-9-4-1-2-6-13-9/h1-7,15H,8H2. The second-order valence-electron chi connectivity index (χ2n) is 3.44. The largest absolute Gasteiger partial charge is 0.261 e. The first kappa shape index (κ1) is 12.6. The molecule has 5 nitrogen and oxygen atoms in total. The second kappa shape index (κ2) is 5.19. The van der Waals surface area contributed by atoms with E-state index in [1.54, 1.807) is 24.4 Å². The Hall–Kier alpha value is -1.86. The number of pyridine rings is 2.